The van der Waals surface area contributed by atoms with Crippen LogP contribution in [0.4, 0.5) is 5.69 Å². The van der Waals surface area contributed by atoms with Crippen LogP contribution in [0, 0.1) is 13.8 Å². The molecule has 0 spiro atoms. The van der Waals surface area contributed by atoms with Crippen LogP contribution in [0.3, 0.4) is 0 Å². The highest BCUT2D eigenvalue weighted by molar-refractivity contribution is 5.92. The second-order valence-corrected chi connectivity index (χ2v) is 3.52. The molecule has 1 heterocycles. The maximum atomic E-state index is 4.45. The van der Waals surface area contributed by atoms with Crippen molar-refractivity contribution in [3.05, 3.63) is 35.5 Å². The number of aromatic nitrogens is 1. The van der Waals surface area contributed by atoms with Crippen molar-refractivity contribution in [3.8, 4) is 0 Å². The van der Waals surface area contributed by atoms with Crippen molar-refractivity contribution in [2.75, 3.05) is 12.4 Å². The average molecular weight is 186 g/mol. The summed E-state index contributed by atoms with van der Waals surface area (Å²) >= 11 is 0. The molecule has 0 fully saturated rings. The maximum Gasteiger partial charge on any atom is 0.0935 e. The fourth-order valence-corrected chi connectivity index (χ4v) is 1.66. The quantitative estimate of drug-likeness (QED) is 0.740. The molecule has 0 atom stereocenters. The Bertz CT molecular complexity index is 475. The molecule has 0 amide bonds. The summed E-state index contributed by atoms with van der Waals surface area (Å²) in [4.78, 5) is 4.45. The summed E-state index contributed by atoms with van der Waals surface area (Å²) in [6.45, 7) is 4.23. The number of aryl methyl sites for hydroxylation is 2. The van der Waals surface area contributed by atoms with Gasteiger partial charge >= 0.3 is 0 Å². The molecule has 0 aliphatic carbocycles. The molecule has 0 bridgehead atoms. The molecular weight excluding hydrogens is 172 g/mol. The third kappa shape index (κ3) is 1.23. The van der Waals surface area contributed by atoms with E-state index in [1.165, 1.54) is 16.5 Å². The first-order valence-electron chi connectivity index (χ1n) is 4.76. The summed E-state index contributed by atoms with van der Waals surface area (Å²) in [6.07, 6.45) is 1.93. The summed E-state index contributed by atoms with van der Waals surface area (Å²) in [6, 6.07) is 6.22. The fourth-order valence-electron chi connectivity index (χ4n) is 1.66. The Kier molecular flexibility index (Phi) is 2.12. The van der Waals surface area contributed by atoms with Gasteiger partial charge in [-0.1, -0.05) is 12.1 Å². The van der Waals surface area contributed by atoms with E-state index in [2.05, 4.69) is 36.3 Å². The smallest absolute Gasteiger partial charge is 0.0935 e. The lowest BCUT2D eigenvalue weighted by atomic mass is 10.1. The molecule has 1 aromatic heterocycles. The minimum atomic E-state index is 1.05. The van der Waals surface area contributed by atoms with Gasteiger partial charge in [-0.15, -0.1) is 0 Å². The molecular formula is C12H14N2. The van der Waals surface area contributed by atoms with Crippen LogP contribution in [0.5, 0.6) is 0 Å². The van der Waals surface area contributed by atoms with E-state index in [1.807, 2.05) is 19.3 Å². The molecule has 2 rings (SSSR count). The van der Waals surface area contributed by atoms with Crippen LogP contribution < -0.4 is 5.32 Å². The number of anilines is 1. The number of hydrogen-bond acceptors (Lipinski definition) is 2. The summed E-state index contributed by atoms with van der Waals surface area (Å²) in [5.41, 5.74) is 4.70. The van der Waals surface area contributed by atoms with Crippen LogP contribution in [-0.4, -0.2) is 12.0 Å². The standard InChI is InChI=1S/C12H14N2/c1-8-7-14-12-10(9(8)2)5-4-6-11(12)13-3/h4-7,13H,1-3H3. The Morgan fingerprint density at radius 1 is 1.21 bits per heavy atom. The molecule has 0 saturated heterocycles. The van der Waals surface area contributed by atoms with E-state index < -0.39 is 0 Å². The van der Waals surface area contributed by atoms with Gasteiger partial charge in [-0.2, -0.15) is 0 Å². The van der Waals surface area contributed by atoms with E-state index in [4.69, 9.17) is 0 Å². The first-order valence-corrected chi connectivity index (χ1v) is 4.76. The molecule has 0 aliphatic rings. The van der Waals surface area contributed by atoms with Crippen LogP contribution in [0.25, 0.3) is 10.9 Å². The number of pyridine rings is 1. The molecule has 0 unspecified atom stereocenters. The summed E-state index contributed by atoms with van der Waals surface area (Å²) in [5, 5.41) is 4.39. The molecule has 0 saturated carbocycles. The van der Waals surface area contributed by atoms with E-state index in [0.717, 1.165) is 11.2 Å². The van der Waals surface area contributed by atoms with Crippen molar-refractivity contribution in [1.82, 2.24) is 4.98 Å². The van der Waals surface area contributed by atoms with Crippen molar-refractivity contribution >= 4 is 16.6 Å². The van der Waals surface area contributed by atoms with E-state index in [1.54, 1.807) is 0 Å². The minimum Gasteiger partial charge on any atom is -0.386 e. The lowest BCUT2D eigenvalue weighted by Crippen LogP contribution is -1.93. The Hall–Kier alpha value is -1.57. The van der Waals surface area contributed by atoms with Crippen molar-refractivity contribution < 1.29 is 0 Å². The van der Waals surface area contributed by atoms with Gasteiger partial charge < -0.3 is 5.32 Å². The zero-order valence-electron chi connectivity index (χ0n) is 8.76. The molecule has 1 aromatic carbocycles. The van der Waals surface area contributed by atoms with Crippen LogP contribution in [0.2, 0.25) is 0 Å². The van der Waals surface area contributed by atoms with Gasteiger partial charge in [0.2, 0.25) is 0 Å². The monoisotopic (exact) mass is 186 g/mol. The lowest BCUT2D eigenvalue weighted by Gasteiger charge is -2.08. The predicted molar refractivity (Wildman–Crippen MR) is 60.8 cm³/mol. The number of rotatable bonds is 1. The van der Waals surface area contributed by atoms with Crippen molar-refractivity contribution in [3.63, 3.8) is 0 Å². The minimum absolute atomic E-state index is 1.05. The van der Waals surface area contributed by atoms with Gasteiger partial charge in [0, 0.05) is 18.6 Å². The maximum absolute atomic E-state index is 4.45. The summed E-state index contributed by atoms with van der Waals surface area (Å²) < 4.78 is 0. The topological polar surface area (TPSA) is 24.9 Å². The number of fused-ring (bicyclic) bond motifs is 1. The zero-order valence-corrected chi connectivity index (χ0v) is 8.76. The molecule has 1 N–H and O–H groups in total. The molecule has 2 heteroatoms. The largest absolute Gasteiger partial charge is 0.386 e. The fraction of sp³-hybridized carbons (Fsp3) is 0.250. The van der Waals surface area contributed by atoms with Gasteiger partial charge in [0.1, 0.15) is 0 Å². The van der Waals surface area contributed by atoms with E-state index in [0.29, 0.717) is 0 Å². The number of benzene rings is 1. The molecule has 72 valence electrons. The Morgan fingerprint density at radius 2 is 2.00 bits per heavy atom. The van der Waals surface area contributed by atoms with Crippen molar-refractivity contribution in [2.45, 2.75) is 13.8 Å². The van der Waals surface area contributed by atoms with E-state index in [-0.39, 0.29) is 0 Å². The molecule has 0 radical (unpaired) electrons. The van der Waals surface area contributed by atoms with E-state index in [9.17, 15) is 0 Å². The number of hydrogen-bond donors (Lipinski definition) is 1. The average Bonchev–Trinajstić information content (AvgIpc) is 2.23. The predicted octanol–water partition coefficient (Wildman–Crippen LogP) is 2.89. The van der Waals surface area contributed by atoms with Gasteiger partial charge in [-0.3, -0.25) is 4.98 Å². The summed E-state index contributed by atoms with van der Waals surface area (Å²) in [7, 11) is 1.92. The first kappa shape index (κ1) is 9.00. The Labute approximate surface area is 84.0 Å². The summed E-state index contributed by atoms with van der Waals surface area (Å²) in [5.74, 6) is 0. The second-order valence-electron chi connectivity index (χ2n) is 3.52. The lowest BCUT2D eigenvalue weighted by molar-refractivity contribution is 1.27. The van der Waals surface area contributed by atoms with Gasteiger partial charge in [0.15, 0.2) is 0 Å². The van der Waals surface area contributed by atoms with Crippen LogP contribution in [0.15, 0.2) is 24.4 Å². The Balaban J connectivity index is 2.86. The number of para-hydroxylation sites is 1. The second kappa shape index (κ2) is 3.29. The third-order valence-corrected chi connectivity index (χ3v) is 2.69. The van der Waals surface area contributed by atoms with Gasteiger partial charge in [-0.25, -0.2) is 0 Å². The molecule has 2 aromatic rings. The highest BCUT2D eigenvalue weighted by Crippen LogP contribution is 2.24. The Morgan fingerprint density at radius 3 is 2.71 bits per heavy atom. The van der Waals surface area contributed by atoms with Gasteiger partial charge in [-0.05, 0) is 31.0 Å². The molecule has 14 heavy (non-hydrogen) atoms. The van der Waals surface area contributed by atoms with E-state index >= 15 is 0 Å². The van der Waals surface area contributed by atoms with Crippen molar-refractivity contribution in [1.29, 1.82) is 0 Å². The molecule has 2 nitrogen and oxygen atoms in total. The number of nitrogens with zero attached hydrogens (tertiary/aromatic N) is 1. The van der Waals surface area contributed by atoms with Crippen LogP contribution in [0.1, 0.15) is 11.1 Å². The van der Waals surface area contributed by atoms with Crippen LogP contribution >= 0.6 is 0 Å². The molecule has 0 aliphatic heterocycles. The van der Waals surface area contributed by atoms with Gasteiger partial charge in [0.05, 0.1) is 11.2 Å². The first-order chi connectivity index (χ1) is 6.74. The number of nitrogens with one attached hydrogen (secondary N) is 1. The normalized spacial score (nSPS) is 10.5. The zero-order chi connectivity index (χ0) is 10.1. The highest BCUT2D eigenvalue weighted by atomic mass is 14.8. The van der Waals surface area contributed by atoms with Crippen molar-refractivity contribution in [2.24, 2.45) is 0 Å². The van der Waals surface area contributed by atoms with Crippen LogP contribution in [-0.2, 0) is 0 Å². The highest BCUT2D eigenvalue weighted by Gasteiger charge is 2.04. The third-order valence-electron chi connectivity index (χ3n) is 2.69. The SMILES string of the molecule is CNc1cccc2c(C)c(C)cnc12. The van der Waals surface area contributed by atoms with Gasteiger partial charge in [0.25, 0.3) is 0 Å².